The third kappa shape index (κ3) is 2.75. The highest BCUT2D eigenvalue weighted by atomic mass is 35.5. The van der Waals surface area contributed by atoms with Crippen molar-refractivity contribution in [2.75, 3.05) is 7.11 Å². The maximum Gasteiger partial charge on any atom is 0.186 e. The Bertz CT molecular complexity index is 658. The van der Waals surface area contributed by atoms with E-state index in [-0.39, 0.29) is 0 Å². The zero-order chi connectivity index (χ0) is 14.7. The quantitative estimate of drug-likeness (QED) is 0.868. The SMILES string of the molecule is COc1ccc(-n2nnc(C#N)c2CC(C)C)cc1Cl. The van der Waals surface area contributed by atoms with Gasteiger partial charge in [0, 0.05) is 0 Å². The minimum atomic E-state index is 0.352. The van der Waals surface area contributed by atoms with Crippen LogP contribution in [-0.4, -0.2) is 22.1 Å². The molecule has 1 aromatic heterocycles. The van der Waals surface area contributed by atoms with Crippen molar-refractivity contribution in [1.29, 1.82) is 5.26 Å². The summed E-state index contributed by atoms with van der Waals surface area (Å²) in [5, 5.41) is 17.6. The van der Waals surface area contributed by atoms with Crippen LogP contribution in [0.2, 0.25) is 5.02 Å². The van der Waals surface area contributed by atoms with E-state index in [1.165, 1.54) is 0 Å². The van der Waals surface area contributed by atoms with E-state index in [0.717, 1.165) is 17.8 Å². The summed E-state index contributed by atoms with van der Waals surface area (Å²) >= 11 is 6.13. The molecule has 0 aliphatic carbocycles. The number of halogens is 1. The third-order valence-electron chi connectivity index (χ3n) is 2.85. The minimum absolute atomic E-state index is 0.352. The number of ether oxygens (including phenoxy) is 1. The first-order chi connectivity index (χ1) is 9.56. The predicted octanol–water partition coefficient (Wildman–Crippen LogP) is 3.00. The van der Waals surface area contributed by atoms with Gasteiger partial charge in [-0.1, -0.05) is 30.7 Å². The zero-order valence-electron chi connectivity index (χ0n) is 11.6. The van der Waals surface area contributed by atoms with Crippen molar-refractivity contribution in [3.63, 3.8) is 0 Å². The van der Waals surface area contributed by atoms with E-state index in [2.05, 4.69) is 30.2 Å². The first kappa shape index (κ1) is 14.4. The summed E-state index contributed by atoms with van der Waals surface area (Å²) in [7, 11) is 1.56. The summed E-state index contributed by atoms with van der Waals surface area (Å²) < 4.78 is 6.78. The van der Waals surface area contributed by atoms with E-state index < -0.39 is 0 Å². The number of methoxy groups -OCH3 is 1. The molecule has 1 aromatic carbocycles. The number of hydrogen-bond acceptors (Lipinski definition) is 4. The van der Waals surface area contributed by atoms with E-state index in [1.807, 2.05) is 6.07 Å². The molecule has 0 unspecified atom stereocenters. The van der Waals surface area contributed by atoms with Crippen LogP contribution in [0.3, 0.4) is 0 Å². The first-order valence-electron chi connectivity index (χ1n) is 6.25. The lowest BCUT2D eigenvalue weighted by molar-refractivity contribution is 0.415. The van der Waals surface area contributed by atoms with Crippen LogP contribution in [0.5, 0.6) is 5.75 Å². The van der Waals surface area contributed by atoms with Crippen LogP contribution in [-0.2, 0) is 6.42 Å². The maximum atomic E-state index is 9.12. The maximum absolute atomic E-state index is 9.12. The normalized spacial score (nSPS) is 10.6. The van der Waals surface area contributed by atoms with Crippen molar-refractivity contribution < 1.29 is 4.74 Å². The van der Waals surface area contributed by atoms with Crippen LogP contribution in [0.25, 0.3) is 5.69 Å². The lowest BCUT2D eigenvalue weighted by atomic mass is 10.1. The largest absolute Gasteiger partial charge is 0.495 e. The van der Waals surface area contributed by atoms with Crippen molar-refractivity contribution in [1.82, 2.24) is 15.0 Å². The molecule has 0 N–H and O–H groups in total. The standard InChI is InChI=1S/C14H15ClN4O/c1-9(2)6-13-12(8-16)17-18-19(13)10-4-5-14(20-3)11(15)7-10/h4-5,7,9H,6H2,1-3H3. The van der Waals surface area contributed by atoms with Crippen molar-refractivity contribution in [2.45, 2.75) is 20.3 Å². The number of rotatable bonds is 4. The molecule has 0 saturated heterocycles. The number of aromatic nitrogens is 3. The van der Waals surface area contributed by atoms with Gasteiger partial charge < -0.3 is 4.74 Å². The summed E-state index contributed by atoms with van der Waals surface area (Å²) in [4.78, 5) is 0. The molecular formula is C14H15ClN4O. The number of hydrogen-bond donors (Lipinski definition) is 0. The van der Waals surface area contributed by atoms with Crippen molar-refractivity contribution in [3.8, 4) is 17.5 Å². The monoisotopic (exact) mass is 290 g/mol. The molecule has 0 radical (unpaired) electrons. The molecule has 0 atom stereocenters. The van der Waals surface area contributed by atoms with Gasteiger partial charge in [-0.15, -0.1) is 5.10 Å². The van der Waals surface area contributed by atoms with Gasteiger partial charge in [-0.25, -0.2) is 4.68 Å². The molecule has 0 fully saturated rings. The Morgan fingerprint density at radius 2 is 2.20 bits per heavy atom. The topological polar surface area (TPSA) is 63.7 Å². The smallest absolute Gasteiger partial charge is 0.186 e. The Morgan fingerprint density at radius 3 is 2.75 bits per heavy atom. The van der Waals surface area contributed by atoms with Gasteiger partial charge in [-0.05, 0) is 30.5 Å². The molecule has 2 aromatic rings. The lowest BCUT2D eigenvalue weighted by Crippen LogP contribution is -2.06. The molecule has 0 aliphatic rings. The highest BCUT2D eigenvalue weighted by molar-refractivity contribution is 6.32. The van der Waals surface area contributed by atoms with Gasteiger partial charge in [0.15, 0.2) is 5.69 Å². The second-order valence-corrected chi connectivity index (χ2v) is 5.23. The van der Waals surface area contributed by atoms with Crippen molar-refractivity contribution in [3.05, 3.63) is 34.6 Å². The summed E-state index contributed by atoms with van der Waals surface area (Å²) in [6.45, 7) is 4.17. The van der Waals surface area contributed by atoms with Crippen molar-refractivity contribution in [2.24, 2.45) is 5.92 Å². The highest BCUT2D eigenvalue weighted by Crippen LogP contribution is 2.27. The first-order valence-corrected chi connectivity index (χ1v) is 6.63. The molecule has 0 saturated carbocycles. The van der Waals surface area contributed by atoms with Gasteiger partial charge in [0.25, 0.3) is 0 Å². The van der Waals surface area contributed by atoms with E-state index >= 15 is 0 Å². The van der Waals surface area contributed by atoms with Gasteiger partial charge in [0.2, 0.25) is 0 Å². The molecule has 0 bridgehead atoms. The Morgan fingerprint density at radius 1 is 1.45 bits per heavy atom. The van der Waals surface area contributed by atoms with E-state index in [0.29, 0.717) is 22.4 Å². The Kier molecular flexibility index (Phi) is 4.26. The Hall–Kier alpha value is -2.06. The van der Waals surface area contributed by atoms with Gasteiger partial charge in [-0.3, -0.25) is 0 Å². The zero-order valence-corrected chi connectivity index (χ0v) is 12.3. The molecule has 0 spiro atoms. The van der Waals surface area contributed by atoms with E-state index in [1.54, 1.807) is 23.9 Å². The second kappa shape index (κ2) is 5.93. The fourth-order valence-corrected chi connectivity index (χ4v) is 2.20. The minimum Gasteiger partial charge on any atom is -0.495 e. The van der Waals surface area contributed by atoms with Gasteiger partial charge >= 0.3 is 0 Å². The van der Waals surface area contributed by atoms with Crippen LogP contribution in [0.1, 0.15) is 25.2 Å². The number of nitrogens with zero attached hydrogens (tertiary/aromatic N) is 4. The molecule has 5 nitrogen and oxygen atoms in total. The van der Waals surface area contributed by atoms with Gasteiger partial charge in [0.1, 0.15) is 11.8 Å². The van der Waals surface area contributed by atoms with E-state index in [4.69, 9.17) is 21.6 Å². The third-order valence-corrected chi connectivity index (χ3v) is 3.15. The van der Waals surface area contributed by atoms with Crippen LogP contribution in [0, 0.1) is 17.2 Å². The highest BCUT2D eigenvalue weighted by Gasteiger charge is 2.16. The predicted molar refractivity (Wildman–Crippen MR) is 76.2 cm³/mol. The Labute approximate surface area is 122 Å². The number of benzene rings is 1. The van der Waals surface area contributed by atoms with Crippen LogP contribution >= 0.6 is 11.6 Å². The fraction of sp³-hybridized carbons (Fsp3) is 0.357. The molecule has 2 rings (SSSR count). The van der Waals surface area contributed by atoms with Crippen LogP contribution in [0.15, 0.2) is 18.2 Å². The molecule has 0 amide bonds. The van der Waals surface area contributed by atoms with E-state index in [9.17, 15) is 0 Å². The lowest BCUT2D eigenvalue weighted by Gasteiger charge is -2.10. The fourth-order valence-electron chi connectivity index (χ4n) is 1.95. The summed E-state index contributed by atoms with van der Waals surface area (Å²) in [6.07, 6.45) is 0.722. The average molecular weight is 291 g/mol. The van der Waals surface area contributed by atoms with Crippen molar-refractivity contribution >= 4 is 11.6 Å². The summed E-state index contributed by atoms with van der Waals surface area (Å²) in [5.74, 6) is 0.995. The van der Waals surface area contributed by atoms with Gasteiger partial charge in [-0.2, -0.15) is 5.26 Å². The molecule has 0 aliphatic heterocycles. The van der Waals surface area contributed by atoms with Crippen LogP contribution < -0.4 is 4.74 Å². The van der Waals surface area contributed by atoms with Gasteiger partial charge in [0.05, 0.1) is 23.5 Å². The molecule has 20 heavy (non-hydrogen) atoms. The molecule has 1 heterocycles. The molecule has 104 valence electrons. The summed E-state index contributed by atoms with van der Waals surface area (Å²) in [5.41, 5.74) is 1.91. The summed E-state index contributed by atoms with van der Waals surface area (Å²) in [6, 6.07) is 7.43. The molecular weight excluding hydrogens is 276 g/mol. The average Bonchev–Trinajstić information content (AvgIpc) is 2.80. The number of nitriles is 1. The Balaban J connectivity index is 2.50. The van der Waals surface area contributed by atoms with Crippen LogP contribution in [0.4, 0.5) is 0 Å². The second-order valence-electron chi connectivity index (χ2n) is 4.83. The molecule has 6 heteroatoms.